The lowest BCUT2D eigenvalue weighted by atomic mass is 10.1. The normalized spacial score (nSPS) is 10.8. The molecule has 15 heteroatoms. The monoisotopic (exact) mass is 438 g/mol. The summed E-state index contributed by atoms with van der Waals surface area (Å²) in [6, 6.07) is 0. The predicted molar refractivity (Wildman–Crippen MR) is 64.4 cm³/mol. The second-order valence-corrected chi connectivity index (χ2v) is 4.70. The van der Waals surface area contributed by atoms with Crippen LogP contribution in [0.3, 0.4) is 0 Å². The molecule has 29 heavy (non-hydrogen) atoms. The van der Waals surface area contributed by atoms with Gasteiger partial charge in [-0.2, -0.15) is 0 Å². The van der Waals surface area contributed by atoms with E-state index in [4.69, 9.17) is 0 Å². The fourth-order valence-electron chi connectivity index (χ4n) is 1.73. The van der Waals surface area contributed by atoms with Gasteiger partial charge in [0, 0.05) is 5.04 Å². The van der Waals surface area contributed by atoms with Crippen molar-refractivity contribution in [1.29, 1.82) is 0 Å². The maximum absolute atomic E-state index is 13.3. The first kappa shape index (κ1) is 21.9. The Bertz CT molecular complexity index is 899. The number of hydrogen-bond acceptors (Lipinski definition) is 5. The summed E-state index contributed by atoms with van der Waals surface area (Å²) in [7, 11) is 0. The van der Waals surface area contributed by atoms with Crippen molar-refractivity contribution in [2.45, 2.75) is 0 Å². The van der Waals surface area contributed by atoms with E-state index in [0.29, 0.717) is 0 Å². The molecule has 0 fully saturated rings. The van der Waals surface area contributed by atoms with Gasteiger partial charge >= 0.3 is 11.9 Å². The Morgan fingerprint density at radius 1 is 0.414 bits per heavy atom. The molecule has 0 aliphatic carbocycles. The SMILES string of the molecule is O=C(OOOC(=O)c1c(F)c(F)c(F)c(F)c1F)c1c(F)c(F)c(F)c(F)c1F. The highest BCUT2D eigenvalue weighted by molar-refractivity contribution is 5.90. The van der Waals surface area contributed by atoms with Crippen molar-refractivity contribution < 1.29 is 68.3 Å². The number of carbonyl (C=O) groups is 2. The number of rotatable bonds is 4. The van der Waals surface area contributed by atoms with E-state index in [2.05, 4.69) is 14.8 Å². The van der Waals surface area contributed by atoms with Gasteiger partial charge < -0.3 is 0 Å². The summed E-state index contributed by atoms with van der Waals surface area (Å²) in [5.41, 5.74) is -4.43. The number of benzene rings is 2. The Balaban J connectivity index is 2.20. The molecule has 0 atom stereocenters. The Morgan fingerprint density at radius 2 is 0.621 bits per heavy atom. The summed E-state index contributed by atoms with van der Waals surface area (Å²) in [6.45, 7) is 0. The molecule has 0 aromatic heterocycles. The van der Waals surface area contributed by atoms with Crippen LogP contribution in [0.2, 0.25) is 0 Å². The van der Waals surface area contributed by atoms with Crippen LogP contribution in [0, 0.1) is 58.2 Å². The molecule has 0 aliphatic rings. The molecule has 0 saturated carbocycles. The van der Waals surface area contributed by atoms with Crippen LogP contribution in [0.1, 0.15) is 20.7 Å². The minimum absolute atomic E-state index is 2.21. The van der Waals surface area contributed by atoms with Crippen molar-refractivity contribution in [1.82, 2.24) is 0 Å². The van der Waals surface area contributed by atoms with Crippen LogP contribution in [0.5, 0.6) is 0 Å². The molecular formula is C14F10O5. The molecule has 0 heterocycles. The van der Waals surface area contributed by atoms with Crippen LogP contribution >= 0.6 is 0 Å². The maximum atomic E-state index is 13.3. The molecule has 5 nitrogen and oxygen atoms in total. The number of hydrogen-bond donors (Lipinski definition) is 0. The van der Waals surface area contributed by atoms with Gasteiger partial charge in [-0.15, -0.1) is 0 Å². The van der Waals surface area contributed by atoms with Crippen LogP contribution in [0.25, 0.3) is 0 Å². The number of carbonyl (C=O) groups excluding carboxylic acids is 2. The zero-order valence-electron chi connectivity index (χ0n) is 12.8. The van der Waals surface area contributed by atoms with Gasteiger partial charge in [-0.1, -0.05) is 0 Å². The molecule has 2 aromatic rings. The maximum Gasteiger partial charge on any atom is 0.383 e. The summed E-state index contributed by atoms with van der Waals surface area (Å²) in [4.78, 5) is 29.4. The van der Waals surface area contributed by atoms with E-state index >= 15 is 0 Å². The summed E-state index contributed by atoms with van der Waals surface area (Å²) in [6.07, 6.45) is 0. The second kappa shape index (κ2) is 7.94. The molecule has 0 bridgehead atoms. The van der Waals surface area contributed by atoms with Gasteiger partial charge in [0.15, 0.2) is 46.5 Å². The second-order valence-electron chi connectivity index (χ2n) is 4.70. The van der Waals surface area contributed by atoms with E-state index in [1.807, 2.05) is 0 Å². The third-order valence-corrected chi connectivity index (χ3v) is 3.05. The average molecular weight is 438 g/mol. The Labute approximate surface area is 150 Å². The highest BCUT2D eigenvalue weighted by Crippen LogP contribution is 2.25. The molecule has 156 valence electrons. The summed E-state index contributed by atoms with van der Waals surface area (Å²) in [5, 5.41) is 3.26. The van der Waals surface area contributed by atoms with Crippen LogP contribution < -0.4 is 0 Å². The van der Waals surface area contributed by atoms with Crippen molar-refractivity contribution in [3.05, 3.63) is 69.3 Å². The van der Waals surface area contributed by atoms with Crippen LogP contribution in [-0.4, -0.2) is 11.9 Å². The largest absolute Gasteiger partial charge is 0.383 e. The molecule has 2 rings (SSSR count). The van der Waals surface area contributed by atoms with Gasteiger partial charge in [0.1, 0.15) is 11.1 Å². The fourth-order valence-corrected chi connectivity index (χ4v) is 1.73. The quantitative estimate of drug-likeness (QED) is 0.238. The van der Waals surface area contributed by atoms with Gasteiger partial charge in [0.2, 0.25) is 11.6 Å². The summed E-state index contributed by atoms with van der Waals surface area (Å²) < 4.78 is 131. The zero-order chi connectivity index (χ0) is 22.2. The van der Waals surface area contributed by atoms with Gasteiger partial charge in [0.25, 0.3) is 0 Å². The third kappa shape index (κ3) is 3.67. The summed E-state index contributed by atoms with van der Waals surface area (Å²) in [5.74, 6) is -31.2. The zero-order valence-corrected chi connectivity index (χ0v) is 12.8. The average Bonchev–Trinajstić information content (AvgIpc) is 2.68. The molecule has 0 spiro atoms. The van der Waals surface area contributed by atoms with Crippen molar-refractivity contribution >= 4 is 11.9 Å². The molecule has 0 N–H and O–H groups in total. The lowest BCUT2D eigenvalue weighted by Crippen LogP contribution is -2.19. The lowest BCUT2D eigenvalue weighted by molar-refractivity contribution is -0.446. The van der Waals surface area contributed by atoms with Crippen molar-refractivity contribution in [2.24, 2.45) is 0 Å². The van der Waals surface area contributed by atoms with Crippen molar-refractivity contribution in [2.75, 3.05) is 0 Å². The molecule has 0 unspecified atom stereocenters. The third-order valence-electron chi connectivity index (χ3n) is 3.05. The fraction of sp³-hybridized carbons (Fsp3) is 0. The molecular weight excluding hydrogens is 438 g/mol. The van der Waals surface area contributed by atoms with E-state index in [-0.39, 0.29) is 0 Å². The van der Waals surface area contributed by atoms with Crippen LogP contribution in [0.4, 0.5) is 43.9 Å². The smallest absolute Gasteiger partial charge is 0.254 e. The van der Waals surface area contributed by atoms with Crippen LogP contribution in [0.15, 0.2) is 0 Å². The topological polar surface area (TPSA) is 61.8 Å². The highest BCUT2D eigenvalue weighted by Gasteiger charge is 2.33. The first-order valence-corrected chi connectivity index (χ1v) is 6.54. The van der Waals surface area contributed by atoms with Gasteiger partial charge in [-0.3, -0.25) is 9.78 Å². The molecule has 2 aromatic carbocycles. The van der Waals surface area contributed by atoms with E-state index in [1.54, 1.807) is 0 Å². The molecule has 0 aliphatic heterocycles. The Morgan fingerprint density at radius 3 is 0.862 bits per heavy atom. The first-order chi connectivity index (χ1) is 13.4. The van der Waals surface area contributed by atoms with E-state index in [9.17, 15) is 53.5 Å². The van der Waals surface area contributed by atoms with E-state index in [1.165, 1.54) is 0 Å². The van der Waals surface area contributed by atoms with E-state index in [0.717, 1.165) is 0 Å². The lowest BCUT2D eigenvalue weighted by Gasteiger charge is -2.08. The predicted octanol–water partition coefficient (Wildman–Crippen LogP) is 3.94. The molecule has 0 saturated heterocycles. The van der Waals surface area contributed by atoms with Gasteiger partial charge in [0.05, 0.1) is 0 Å². The molecule has 0 amide bonds. The minimum atomic E-state index is -2.64. The standard InChI is InChI=1S/C14F10O5/c15-3-1(4(16)8(20)11(23)7(3)19)13(25)27-29-28-14(26)2-5(17)9(21)12(24)10(22)6(2)18. The van der Waals surface area contributed by atoms with Gasteiger partial charge in [-0.25, -0.2) is 53.5 Å². The van der Waals surface area contributed by atoms with Crippen LogP contribution in [-0.2, 0) is 14.8 Å². The Kier molecular flexibility index (Phi) is 6.01. The van der Waals surface area contributed by atoms with Gasteiger partial charge in [-0.05, 0) is 0 Å². The van der Waals surface area contributed by atoms with Crippen molar-refractivity contribution in [3.63, 3.8) is 0 Å². The van der Waals surface area contributed by atoms with Crippen molar-refractivity contribution in [3.8, 4) is 0 Å². The summed E-state index contributed by atoms with van der Waals surface area (Å²) >= 11 is 0. The minimum Gasteiger partial charge on any atom is -0.254 e. The van der Waals surface area contributed by atoms with E-state index < -0.39 is 81.2 Å². The Hall–Kier alpha value is -3.36. The molecule has 0 radical (unpaired) electrons. The number of halogens is 10. The highest BCUT2D eigenvalue weighted by atomic mass is 19.2. The first-order valence-electron chi connectivity index (χ1n) is 6.54.